The number of nitrogen functional groups attached to an aromatic ring is 1. The van der Waals surface area contributed by atoms with E-state index in [1.54, 1.807) is 0 Å². The lowest BCUT2D eigenvalue weighted by Crippen LogP contribution is -2.53. The minimum Gasteiger partial charge on any atom is -0.471 e. The Hall–Kier alpha value is -4.16. The van der Waals surface area contributed by atoms with Crippen LogP contribution in [0.15, 0.2) is 60.7 Å². The van der Waals surface area contributed by atoms with Gasteiger partial charge in [0.25, 0.3) is 0 Å². The van der Waals surface area contributed by atoms with Gasteiger partial charge in [0.15, 0.2) is 12.0 Å². The zero-order valence-electron chi connectivity index (χ0n) is 23.8. The van der Waals surface area contributed by atoms with Gasteiger partial charge in [0.2, 0.25) is 0 Å². The molecular weight excluding hydrogens is 534 g/mol. The number of hydrogen-bond donors (Lipinski definition) is 4. The number of rotatable bonds is 8. The summed E-state index contributed by atoms with van der Waals surface area (Å²) >= 11 is 0. The van der Waals surface area contributed by atoms with Crippen molar-refractivity contribution in [2.45, 2.75) is 13.2 Å². The molecule has 2 saturated heterocycles. The van der Waals surface area contributed by atoms with Crippen LogP contribution in [0.5, 0.6) is 5.75 Å². The van der Waals surface area contributed by atoms with Gasteiger partial charge in [-0.2, -0.15) is 5.10 Å². The second-order valence-corrected chi connectivity index (χ2v) is 10.6. The maximum absolute atomic E-state index is 12.5. The second-order valence-electron chi connectivity index (χ2n) is 10.6. The van der Waals surface area contributed by atoms with Crippen molar-refractivity contribution < 1.29 is 19.0 Å². The Morgan fingerprint density at radius 1 is 0.976 bits per heavy atom. The van der Waals surface area contributed by atoms with Gasteiger partial charge < -0.3 is 30.6 Å². The number of hydrogen-bond acceptors (Lipinski definition) is 8. The predicted molar refractivity (Wildman–Crippen MR) is 164 cm³/mol. The number of fused-ring (bicyclic) bond motifs is 1. The van der Waals surface area contributed by atoms with E-state index >= 15 is 0 Å². The molecule has 42 heavy (non-hydrogen) atoms. The third-order valence-electron chi connectivity index (χ3n) is 7.68. The first kappa shape index (κ1) is 28.0. The van der Waals surface area contributed by atoms with Gasteiger partial charge in [-0.15, -0.1) is 0 Å². The number of amides is 2. The molecule has 0 aliphatic carbocycles. The molecule has 5 N–H and O–H groups in total. The van der Waals surface area contributed by atoms with Gasteiger partial charge in [-0.3, -0.25) is 14.9 Å². The molecule has 3 aromatic carbocycles. The highest BCUT2D eigenvalue weighted by Crippen LogP contribution is 2.37. The van der Waals surface area contributed by atoms with E-state index < -0.39 is 0 Å². The van der Waals surface area contributed by atoms with Crippen LogP contribution < -0.4 is 21.1 Å². The summed E-state index contributed by atoms with van der Waals surface area (Å²) in [6, 6.07) is 19.0. The molecule has 1 aromatic heterocycles. The first-order valence-electron chi connectivity index (χ1n) is 14.3. The Kier molecular flexibility index (Phi) is 8.52. The van der Waals surface area contributed by atoms with Gasteiger partial charge >= 0.3 is 6.03 Å². The molecule has 2 fully saturated rings. The molecule has 1 unspecified atom stereocenters. The summed E-state index contributed by atoms with van der Waals surface area (Å²) in [5.74, 6) is 1.11. The summed E-state index contributed by atoms with van der Waals surface area (Å²) in [7, 11) is 0. The normalized spacial score (nSPS) is 17.2. The van der Waals surface area contributed by atoms with E-state index in [1.807, 2.05) is 67.6 Å². The van der Waals surface area contributed by atoms with Crippen LogP contribution in [0.3, 0.4) is 0 Å². The molecule has 0 radical (unpaired) electrons. The van der Waals surface area contributed by atoms with E-state index in [1.165, 1.54) is 0 Å². The summed E-state index contributed by atoms with van der Waals surface area (Å²) in [5, 5.41) is 14.0. The summed E-state index contributed by atoms with van der Waals surface area (Å²) in [5.41, 5.74) is 11.5. The number of H-pyrrole nitrogens is 1. The smallest absolute Gasteiger partial charge is 0.323 e. The van der Waals surface area contributed by atoms with Crippen LogP contribution in [0, 0.1) is 6.92 Å². The van der Waals surface area contributed by atoms with E-state index in [2.05, 4.69) is 30.6 Å². The molecule has 2 aliphatic rings. The van der Waals surface area contributed by atoms with Crippen molar-refractivity contribution >= 4 is 34.1 Å². The quantitative estimate of drug-likeness (QED) is 0.248. The number of nitrogens with two attached hydrogens (primary N) is 1. The molecule has 6 rings (SSSR count). The van der Waals surface area contributed by atoms with Crippen LogP contribution >= 0.6 is 0 Å². The number of urea groups is 1. The summed E-state index contributed by atoms with van der Waals surface area (Å²) in [6.07, 6.45) is -0.151. The van der Waals surface area contributed by atoms with Gasteiger partial charge in [0, 0.05) is 44.1 Å². The van der Waals surface area contributed by atoms with Gasteiger partial charge in [-0.1, -0.05) is 24.3 Å². The first-order chi connectivity index (χ1) is 20.5. The summed E-state index contributed by atoms with van der Waals surface area (Å²) in [4.78, 5) is 17.2. The van der Waals surface area contributed by atoms with Crippen molar-refractivity contribution in [3.8, 4) is 16.9 Å². The largest absolute Gasteiger partial charge is 0.471 e. The Balaban J connectivity index is 1.20. The molecule has 3 heterocycles. The zero-order valence-corrected chi connectivity index (χ0v) is 23.8. The van der Waals surface area contributed by atoms with Gasteiger partial charge in [0.05, 0.1) is 31.8 Å². The van der Waals surface area contributed by atoms with Crippen LogP contribution in [-0.4, -0.2) is 91.4 Å². The number of aromatic amines is 1. The van der Waals surface area contributed by atoms with Crippen LogP contribution in [0.2, 0.25) is 0 Å². The van der Waals surface area contributed by atoms with Crippen molar-refractivity contribution in [3.63, 3.8) is 0 Å². The minimum absolute atomic E-state index is 0.151. The van der Waals surface area contributed by atoms with Gasteiger partial charge in [0.1, 0.15) is 11.3 Å². The lowest BCUT2D eigenvalue weighted by atomic mass is 10.0. The molecule has 2 aliphatic heterocycles. The summed E-state index contributed by atoms with van der Waals surface area (Å²) in [6.45, 7) is 8.98. The Morgan fingerprint density at radius 3 is 2.43 bits per heavy atom. The topological polar surface area (TPSA) is 130 Å². The number of ether oxygens (including phenoxy) is 3. The molecule has 2 amide bonds. The third-order valence-corrected chi connectivity index (χ3v) is 7.68. The van der Waals surface area contributed by atoms with E-state index in [0.29, 0.717) is 30.5 Å². The molecule has 0 saturated carbocycles. The fraction of sp³-hybridized carbons (Fsp3) is 0.355. The fourth-order valence-electron chi connectivity index (χ4n) is 5.46. The standard InChI is InChI=1S/C31H37N7O4/c1-21-3-2-4-24(19-21)34-31(39)33-23-7-5-22(6-8-23)25-9-10-26(29-28(25)30(32)36-35-29)42-27(38-13-17-41-18-14-38)20-37-11-15-40-16-12-37/h2-10,19,27H,11-18,20H2,1H3,(H3,32,35,36)(H2,33,34,39). The second kappa shape index (κ2) is 12.8. The average Bonchev–Trinajstić information content (AvgIpc) is 3.40. The SMILES string of the molecule is Cc1cccc(NC(=O)Nc2ccc(-c3ccc(OC(CN4CCOCC4)N4CCOCC4)c4[nH]nc(N)c34)cc2)c1. The van der Waals surface area contributed by atoms with E-state index in [9.17, 15) is 4.79 Å². The highest BCUT2D eigenvalue weighted by atomic mass is 16.5. The van der Waals surface area contributed by atoms with Crippen LogP contribution in [0.1, 0.15) is 5.56 Å². The number of benzene rings is 3. The number of nitrogens with zero attached hydrogens (tertiary/aromatic N) is 3. The number of carbonyl (C=O) groups is 1. The Morgan fingerprint density at radius 2 is 1.69 bits per heavy atom. The number of aryl methyl sites for hydroxylation is 1. The van der Waals surface area contributed by atoms with Crippen LogP contribution in [0.25, 0.3) is 22.0 Å². The van der Waals surface area contributed by atoms with Crippen molar-refractivity contribution in [3.05, 3.63) is 66.2 Å². The average molecular weight is 572 g/mol. The van der Waals surface area contributed by atoms with Gasteiger partial charge in [-0.25, -0.2) is 4.79 Å². The maximum atomic E-state index is 12.5. The van der Waals surface area contributed by atoms with Crippen molar-refractivity contribution in [2.75, 3.05) is 75.5 Å². The van der Waals surface area contributed by atoms with Gasteiger partial charge in [-0.05, 0) is 60.0 Å². The van der Waals surface area contributed by atoms with Crippen LogP contribution in [0.4, 0.5) is 22.0 Å². The molecular formula is C31H37N7O4. The number of aromatic nitrogens is 2. The van der Waals surface area contributed by atoms with Crippen molar-refractivity contribution in [2.24, 2.45) is 0 Å². The van der Waals surface area contributed by atoms with Crippen molar-refractivity contribution in [1.82, 2.24) is 20.0 Å². The number of morpholine rings is 2. The Labute approximate surface area is 244 Å². The number of nitrogens with one attached hydrogen (secondary N) is 3. The summed E-state index contributed by atoms with van der Waals surface area (Å²) < 4.78 is 17.8. The maximum Gasteiger partial charge on any atom is 0.323 e. The van der Waals surface area contributed by atoms with Crippen LogP contribution in [-0.2, 0) is 9.47 Å². The molecule has 4 aromatic rings. The fourth-order valence-corrected chi connectivity index (χ4v) is 5.46. The monoisotopic (exact) mass is 571 g/mol. The number of carbonyl (C=O) groups excluding carboxylic acids is 1. The molecule has 11 heteroatoms. The lowest BCUT2D eigenvalue weighted by molar-refractivity contribution is -0.0682. The Bertz CT molecular complexity index is 1510. The first-order valence-corrected chi connectivity index (χ1v) is 14.3. The molecule has 220 valence electrons. The highest BCUT2D eigenvalue weighted by Gasteiger charge is 2.27. The molecule has 0 spiro atoms. The highest BCUT2D eigenvalue weighted by molar-refractivity contribution is 6.04. The molecule has 0 bridgehead atoms. The predicted octanol–water partition coefficient (Wildman–Crippen LogP) is 4.13. The minimum atomic E-state index is -0.303. The third kappa shape index (κ3) is 6.50. The van der Waals surface area contributed by atoms with E-state index in [4.69, 9.17) is 19.9 Å². The molecule has 11 nitrogen and oxygen atoms in total. The number of anilines is 3. The molecule has 1 atom stereocenters. The zero-order chi connectivity index (χ0) is 28.9. The van der Waals surface area contributed by atoms with E-state index in [-0.39, 0.29) is 12.3 Å². The lowest BCUT2D eigenvalue weighted by Gasteiger charge is -2.38. The van der Waals surface area contributed by atoms with Crippen molar-refractivity contribution in [1.29, 1.82) is 0 Å². The van der Waals surface area contributed by atoms with E-state index in [0.717, 1.165) is 79.2 Å².